The Kier molecular flexibility index (Phi) is 4.94. The molecule has 1 N–H and O–H groups in total. The highest BCUT2D eigenvalue weighted by Crippen LogP contribution is 2.40. The van der Waals surface area contributed by atoms with Crippen LogP contribution in [0.3, 0.4) is 0 Å². The smallest absolute Gasteiger partial charge is 0.124 e. The molecule has 0 aromatic heterocycles. The fourth-order valence-electron chi connectivity index (χ4n) is 4.40. The highest BCUT2D eigenvalue weighted by molar-refractivity contribution is 8.00. The SMILES string of the molecule is COc1ccc2c(c1)CCN1Cc3ccc(NSc4cccc(F)c4)cc3CC21. The summed E-state index contributed by atoms with van der Waals surface area (Å²) in [6.07, 6.45) is 2.08. The van der Waals surface area contributed by atoms with Gasteiger partial charge in [-0.05, 0) is 89.5 Å². The van der Waals surface area contributed by atoms with E-state index in [1.807, 2.05) is 6.07 Å². The summed E-state index contributed by atoms with van der Waals surface area (Å²) in [5.41, 5.74) is 6.68. The Morgan fingerprint density at radius 1 is 1.03 bits per heavy atom. The van der Waals surface area contributed by atoms with Gasteiger partial charge in [0.15, 0.2) is 0 Å². The van der Waals surface area contributed by atoms with Crippen molar-refractivity contribution in [3.8, 4) is 5.75 Å². The minimum Gasteiger partial charge on any atom is -0.497 e. The van der Waals surface area contributed by atoms with Crippen molar-refractivity contribution < 1.29 is 9.13 Å². The van der Waals surface area contributed by atoms with Crippen LogP contribution in [0.2, 0.25) is 0 Å². The molecule has 148 valence electrons. The highest BCUT2D eigenvalue weighted by Gasteiger charge is 2.32. The Hall–Kier alpha value is -2.50. The van der Waals surface area contributed by atoms with Crippen molar-refractivity contribution in [2.45, 2.75) is 30.3 Å². The van der Waals surface area contributed by atoms with Gasteiger partial charge in [-0.3, -0.25) is 4.90 Å². The maximum atomic E-state index is 13.4. The lowest BCUT2D eigenvalue weighted by Gasteiger charge is -2.41. The van der Waals surface area contributed by atoms with Crippen LogP contribution in [0, 0.1) is 5.82 Å². The summed E-state index contributed by atoms with van der Waals surface area (Å²) in [5.74, 6) is 0.726. The number of hydrogen-bond acceptors (Lipinski definition) is 4. The molecule has 29 heavy (non-hydrogen) atoms. The molecule has 1 unspecified atom stereocenters. The van der Waals surface area contributed by atoms with E-state index in [0.717, 1.165) is 42.3 Å². The minimum absolute atomic E-state index is 0.213. The summed E-state index contributed by atoms with van der Waals surface area (Å²) >= 11 is 1.44. The van der Waals surface area contributed by atoms with E-state index in [1.165, 1.54) is 40.3 Å². The summed E-state index contributed by atoms with van der Waals surface area (Å²) in [7, 11) is 1.73. The molecule has 0 bridgehead atoms. The average Bonchev–Trinajstić information content (AvgIpc) is 2.75. The van der Waals surface area contributed by atoms with Crippen LogP contribution in [0.1, 0.15) is 28.3 Å². The number of ether oxygens (including phenoxy) is 1. The maximum absolute atomic E-state index is 13.4. The molecule has 0 spiro atoms. The van der Waals surface area contributed by atoms with Crippen LogP contribution in [-0.4, -0.2) is 18.6 Å². The van der Waals surface area contributed by atoms with Crippen LogP contribution in [0.5, 0.6) is 5.75 Å². The van der Waals surface area contributed by atoms with Gasteiger partial charge in [0.25, 0.3) is 0 Å². The zero-order chi connectivity index (χ0) is 19.8. The van der Waals surface area contributed by atoms with Crippen molar-refractivity contribution in [3.63, 3.8) is 0 Å². The van der Waals surface area contributed by atoms with E-state index in [4.69, 9.17) is 4.74 Å². The van der Waals surface area contributed by atoms with Gasteiger partial charge in [0, 0.05) is 29.7 Å². The molecule has 2 heterocycles. The molecule has 5 rings (SSSR count). The Balaban J connectivity index is 1.36. The number of nitrogens with one attached hydrogen (secondary N) is 1. The van der Waals surface area contributed by atoms with Crippen LogP contribution >= 0.6 is 11.9 Å². The standard InChI is InChI=1S/C24H23FN2OS/c1-28-21-7-8-23-16(12-21)9-10-27-15-17-5-6-20(11-18(17)13-24(23)27)26-29-22-4-2-3-19(25)14-22/h2-8,11-12,14,24,26H,9-10,13,15H2,1H3. The molecule has 0 radical (unpaired) electrons. The summed E-state index contributed by atoms with van der Waals surface area (Å²) in [6.45, 7) is 2.07. The van der Waals surface area contributed by atoms with Crippen molar-refractivity contribution in [1.82, 2.24) is 4.90 Å². The average molecular weight is 407 g/mol. The van der Waals surface area contributed by atoms with Crippen LogP contribution in [0.25, 0.3) is 0 Å². The van der Waals surface area contributed by atoms with Gasteiger partial charge >= 0.3 is 0 Å². The van der Waals surface area contributed by atoms with Crippen LogP contribution in [-0.2, 0) is 19.4 Å². The number of halogens is 1. The second-order valence-corrected chi connectivity index (χ2v) is 8.53. The Morgan fingerprint density at radius 2 is 1.97 bits per heavy atom. The second-order valence-electron chi connectivity index (χ2n) is 7.65. The molecule has 3 aromatic carbocycles. The number of methoxy groups -OCH3 is 1. The van der Waals surface area contributed by atoms with Gasteiger partial charge in [-0.25, -0.2) is 4.39 Å². The Labute approximate surface area is 175 Å². The zero-order valence-corrected chi connectivity index (χ0v) is 17.1. The number of anilines is 1. The molecule has 2 aliphatic rings. The lowest BCUT2D eigenvalue weighted by Crippen LogP contribution is -2.39. The van der Waals surface area contributed by atoms with Crippen molar-refractivity contribution >= 4 is 17.6 Å². The monoisotopic (exact) mass is 406 g/mol. The van der Waals surface area contributed by atoms with Gasteiger partial charge < -0.3 is 9.46 Å². The largest absolute Gasteiger partial charge is 0.497 e. The predicted molar refractivity (Wildman–Crippen MR) is 116 cm³/mol. The quantitative estimate of drug-likeness (QED) is 0.569. The fourth-order valence-corrected chi connectivity index (χ4v) is 5.09. The first-order valence-corrected chi connectivity index (χ1v) is 10.7. The van der Waals surface area contributed by atoms with Gasteiger partial charge in [-0.15, -0.1) is 0 Å². The lowest BCUT2D eigenvalue weighted by molar-refractivity contribution is 0.161. The van der Waals surface area contributed by atoms with Crippen LogP contribution in [0.4, 0.5) is 10.1 Å². The first-order chi connectivity index (χ1) is 14.2. The number of nitrogens with zero attached hydrogens (tertiary/aromatic N) is 1. The van der Waals surface area contributed by atoms with Gasteiger partial charge in [-0.2, -0.15) is 0 Å². The summed E-state index contributed by atoms with van der Waals surface area (Å²) in [4.78, 5) is 3.45. The third-order valence-electron chi connectivity index (χ3n) is 5.89. The molecule has 5 heteroatoms. The third kappa shape index (κ3) is 3.72. The van der Waals surface area contributed by atoms with E-state index in [0.29, 0.717) is 6.04 Å². The van der Waals surface area contributed by atoms with Gasteiger partial charge in [-0.1, -0.05) is 18.2 Å². The second kappa shape index (κ2) is 7.73. The molecule has 2 aliphatic heterocycles. The van der Waals surface area contributed by atoms with Crippen LogP contribution < -0.4 is 9.46 Å². The van der Waals surface area contributed by atoms with Crippen LogP contribution in [0.15, 0.2) is 65.6 Å². The summed E-state index contributed by atoms with van der Waals surface area (Å²) in [5, 5.41) is 0. The van der Waals surface area contributed by atoms with Gasteiger partial charge in [0.1, 0.15) is 11.6 Å². The number of fused-ring (bicyclic) bond motifs is 4. The third-order valence-corrected chi connectivity index (χ3v) is 6.72. The van der Waals surface area contributed by atoms with Crippen molar-refractivity contribution in [3.05, 3.63) is 88.7 Å². The Bertz CT molecular complexity index is 1050. The normalized spacial score (nSPS) is 17.8. The van der Waals surface area contributed by atoms with Gasteiger partial charge in [0.05, 0.1) is 7.11 Å². The summed E-state index contributed by atoms with van der Waals surface area (Å²) < 4.78 is 22.2. The molecule has 0 amide bonds. The van der Waals surface area contributed by atoms with E-state index < -0.39 is 0 Å². The van der Waals surface area contributed by atoms with E-state index in [9.17, 15) is 4.39 Å². The number of hydrogen-bond donors (Lipinski definition) is 1. The van der Waals surface area contributed by atoms with E-state index >= 15 is 0 Å². The lowest BCUT2D eigenvalue weighted by atomic mass is 9.84. The topological polar surface area (TPSA) is 24.5 Å². The number of rotatable bonds is 4. The van der Waals surface area contributed by atoms with Crippen molar-refractivity contribution in [2.75, 3.05) is 18.4 Å². The minimum atomic E-state index is -0.213. The molecule has 0 aliphatic carbocycles. The van der Waals surface area contributed by atoms with E-state index in [1.54, 1.807) is 19.2 Å². The Morgan fingerprint density at radius 3 is 2.83 bits per heavy atom. The summed E-state index contributed by atoms with van der Waals surface area (Å²) in [6, 6.07) is 20.2. The molecular formula is C24H23FN2OS. The first kappa shape index (κ1) is 18.5. The first-order valence-electron chi connectivity index (χ1n) is 9.91. The van der Waals surface area contributed by atoms with E-state index in [2.05, 4.69) is 46.0 Å². The fraction of sp³-hybridized carbons (Fsp3) is 0.250. The molecule has 3 nitrogen and oxygen atoms in total. The van der Waals surface area contributed by atoms with Gasteiger partial charge in [0.2, 0.25) is 0 Å². The molecule has 3 aromatic rings. The molecule has 0 fully saturated rings. The highest BCUT2D eigenvalue weighted by atomic mass is 32.2. The van der Waals surface area contributed by atoms with Crippen molar-refractivity contribution in [2.24, 2.45) is 0 Å². The molecule has 1 atom stereocenters. The maximum Gasteiger partial charge on any atom is 0.124 e. The molecule has 0 saturated carbocycles. The predicted octanol–water partition coefficient (Wildman–Crippen LogP) is 5.61. The zero-order valence-electron chi connectivity index (χ0n) is 16.3. The molecule has 0 saturated heterocycles. The van der Waals surface area contributed by atoms with E-state index in [-0.39, 0.29) is 5.82 Å². The molecular weight excluding hydrogens is 383 g/mol. The van der Waals surface area contributed by atoms with Crippen molar-refractivity contribution in [1.29, 1.82) is 0 Å². The number of benzene rings is 3.